The zero-order valence-corrected chi connectivity index (χ0v) is 17.2. The standard InChI is InChI=1S/C19H21ClN4O4S/c20-13-1-3-14(4-2-13)21-17(26)23-18-22-15(12-29-18)11-16(25)24-7-5-19(6-8-24)27-9-10-28-19/h1-4,12H,5-11H2,(H2,21,22,23,26). The zero-order chi connectivity index (χ0) is 20.3. The van der Waals surface area contributed by atoms with E-state index in [1.807, 2.05) is 4.90 Å². The highest BCUT2D eigenvalue weighted by atomic mass is 35.5. The second-order valence-electron chi connectivity index (χ2n) is 6.90. The third-order valence-electron chi connectivity index (χ3n) is 4.90. The molecule has 2 N–H and O–H groups in total. The van der Waals surface area contributed by atoms with Crippen molar-refractivity contribution in [3.63, 3.8) is 0 Å². The Bertz CT molecular complexity index is 873. The van der Waals surface area contributed by atoms with Gasteiger partial charge in [-0.2, -0.15) is 0 Å². The fraction of sp³-hybridized carbons (Fsp3) is 0.421. The van der Waals surface area contributed by atoms with Crippen LogP contribution in [0.5, 0.6) is 0 Å². The normalized spacial score (nSPS) is 18.0. The third-order valence-corrected chi connectivity index (χ3v) is 5.96. The summed E-state index contributed by atoms with van der Waals surface area (Å²) in [5, 5.41) is 8.19. The van der Waals surface area contributed by atoms with E-state index in [1.54, 1.807) is 29.6 Å². The molecule has 3 amide bonds. The highest BCUT2D eigenvalue weighted by Gasteiger charge is 2.40. The van der Waals surface area contributed by atoms with Gasteiger partial charge in [0.15, 0.2) is 10.9 Å². The molecule has 4 rings (SSSR count). The van der Waals surface area contributed by atoms with Crippen molar-refractivity contribution < 1.29 is 19.1 Å². The van der Waals surface area contributed by atoms with Gasteiger partial charge in [-0.3, -0.25) is 10.1 Å². The number of piperidine rings is 1. The number of hydrogen-bond acceptors (Lipinski definition) is 6. The molecule has 29 heavy (non-hydrogen) atoms. The van der Waals surface area contributed by atoms with Crippen LogP contribution in [0.1, 0.15) is 18.5 Å². The number of likely N-dealkylation sites (tertiary alicyclic amines) is 1. The number of halogens is 1. The number of benzene rings is 1. The molecule has 0 atom stereocenters. The van der Waals surface area contributed by atoms with Crippen LogP contribution in [0.2, 0.25) is 5.02 Å². The number of rotatable bonds is 4. The molecule has 2 aliphatic rings. The SMILES string of the molecule is O=C(Nc1ccc(Cl)cc1)Nc1nc(CC(=O)N2CCC3(CC2)OCCO3)cs1. The number of hydrogen-bond donors (Lipinski definition) is 2. The molecule has 0 aliphatic carbocycles. The summed E-state index contributed by atoms with van der Waals surface area (Å²) in [7, 11) is 0. The molecule has 3 heterocycles. The molecule has 1 aromatic carbocycles. The topological polar surface area (TPSA) is 92.8 Å². The van der Waals surface area contributed by atoms with Crippen LogP contribution in [-0.4, -0.2) is 53.9 Å². The quantitative estimate of drug-likeness (QED) is 0.766. The van der Waals surface area contributed by atoms with Gasteiger partial charge in [-0.05, 0) is 24.3 Å². The molecular formula is C19H21ClN4O4S. The zero-order valence-electron chi connectivity index (χ0n) is 15.7. The second-order valence-corrected chi connectivity index (χ2v) is 8.19. The van der Waals surface area contributed by atoms with Gasteiger partial charge in [-0.25, -0.2) is 9.78 Å². The van der Waals surface area contributed by atoms with Crippen molar-refractivity contribution in [2.45, 2.75) is 25.0 Å². The largest absolute Gasteiger partial charge is 0.347 e. The molecule has 1 spiro atoms. The summed E-state index contributed by atoms with van der Waals surface area (Å²) in [4.78, 5) is 30.8. The Morgan fingerprint density at radius 3 is 2.52 bits per heavy atom. The van der Waals surface area contributed by atoms with Crippen LogP contribution in [0.3, 0.4) is 0 Å². The van der Waals surface area contributed by atoms with Gasteiger partial charge in [0.1, 0.15) is 0 Å². The molecule has 2 aromatic rings. The van der Waals surface area contributed by atoms with Crippen molar-refractivity contribution in [1.29, 1.82) is 0 Å². The third kappa shape index (κ3) is 5.05. The highest BCUT2D eigenvalue weighted by molar-refractivity contribution is 7.14. The van der Waals surface area contributed by atoms with Gasteiger partial charge in [-0.15, -0.1) is 11.3 Å². The van der Waals surface area contributed by atoms with Crippen LogP contribution < -0.4 is 10.6 Å². The summed E-state index contributed by atoms with van der Waals surface area (Å²) in [6.45, 7) is 2.46. The van der Waals surface area contributed by atoms with E-state index in [9.17, 15) is 9.59 Å². The van der Waals surface area contributed by atoms with Crippen molar-refractivity contribution in [2.75, 3.05) is 36.9 Å². The lowest BCUT2D eigenvalue weighted by molar-refractivity contribution is -0.187. The Morgan fingerprint density at radius 1 is 1.14 bits per heavy atom. The monoisotopic (exact) mass is 436 g/mol. The Labute approximate surface area is 177 Å². The van der Waals surface area contributed by atoms with Crippen LogP contribution in [-0.2, 0) is 20.7 Å². The first kappa shape index (κ1) is 20.1. The molecule has 0 bridgehead atoms. The number of ether oxygens (including phenoxy) is 2. The molecule has 8 nitrogen and oxygen atoms in total. The molecule has 0 radical (unpaired) electrons. The Balaban J connectivity index is 1.26. The predicted molar refractivity (Wildman–Crippen MR) is 110 cm³/mol. The lowest BCUT2D eigenvalue weighted by Gasteiger charge is -2.37. The van der Waals surface area contributed by atoms with E-state index >= 15 is 0 Å². The van der Waals surface area contributed by atoms with E-state index in [0.717, 1.165) is 0 Å². The molecular weight excluding hydrogens is 416 g/mol. The van der Waals surface area contributed by atoms with Gasteiger partial charge in [0.25, 0.3) is 0 Å². The Kier molecular flexibility index (Phi) is 6.00. The fourth-order valence-corrected chi connectivity index (χ4v) is 4.22. The number of nitrogens with one attached hydrogen (secondary N) is 2. The number of anilines is 2. The van der Waals surface area contributed by atoms with Crippen molar-refractivity contribution >= 4 is 45.7 Å². The number of urea groups is 1. The second kappa shape index (κ2) is 8.66. The average Bonchev–Trinajstić information content (AvgIpc) is 3.34. The first-order valence-corrected chi connectivity index (χ1v) is 10.6. The molecule has 2 fully saturated rings. The molecule has 154 valence electrons. The van der Waals surface area contributed by atoms with E-state index in [1.165, 1.54) is 11.3 Å². The molecule has 0 saturated carbocycles. The van der Waals surface area contributed by atoms with Crippen molar-refractivity contribution in [2.24, 2.45) is 0 Å². The predicted octanol–water partition coefficient (Wildman–Crippen LogP) is 3.35. The minimum absolute atomic E-state index is 0.0142. The maximum Gasteiger partial charge on any atom is 0.325 e. The van der Waals surface area contributed by atoms with Crippen LogP contribution in [0.15, 0.2) is 29.6 Å². The van der Waals surface area contributed by atoms with Crippen LogP contribution in [0.4, 0.5) is 15.6 Å². The highest BCUT2D eigenvalue weighted by Crippen LogP contribution is 2.31. The van der Waals surface area contributed by atoms with E-state index in [2.05, 4.69) is 15.6 Å². The Morgan fingerprint density at radius 2 is 1.83 bits per heavy atom. The van der Waals surface area contributed by atoms with Crippen molar-refractivity contribution in [3.8, 4) is 0 Å². The summed E-state index contributed by atoms with van der Waals surface area (Å²) >= 11 is 7.11. The number of amides is 3. The molecule has 10 heteroatoms. The number of carbonyl (C=O) groups is 2. The lowest BCUT2D eigenvalue weighted by atomic mass is 10.0. The number of thiazole rings is 1. The number of carbonyl (C=O) groups excluding carboxylic acids is 2. The van der Waals surface area contributed by atoms with Crippen LogP contribution >= 0.6 is 22.9 Å². The van der Waals surface area contributed by atoms with E-state index in [0.29, 0.717) is 60.7 Å². The van der Waals surface area contributed by atoms with Gasteiger partial charge in [0, 0.05) is 42.0 Å². The van der Waals surface area contributed by atoms with E-state index in [-0.39, 0.29) is 12.3 Å². The molecule has 0 unspecified atom stereocenters. The Hall–Kier alpha value is -2.20. The van der Waals surface area contributed by atoms with Crippen LogP contribution in [0, 0.1) is 0 Å². The first-order valence-electron chi connectivity index (χ1n) is 9.35. The minimum Gasteiger partial charge on any atom is -0.347 e. The summed E-state index contributed by atoms with van der Waals surface area (Å²) in [5.74, 6) is -0.480. The summed E-state index contributed by atoms with van der Waals surface area (Å²) in [5.41, 5.74) is 1.26. The maximum atomic E-state index is 12.6. The summed E-state index contributed by atoms with van der Waals surface area (Å²) in [6.07, 6.45) is 1.58. The summed E-state index contributed by atoms with van der Waals surface area (Å²) < 4.78 is 11.4. The minimum atomic E-state index is -0.494. The van der Waals surface area contributed by atoms with Gasteiger partial charge in [0.2, 0.25) is 5.91 Å². The van der Waals surface area contributed by atoms with Crippen molar-refractivity contribution in [3.05, 3.63) is 40.4 Å². The molecule has 2 saturated heterocycles. The van der Waals surface area contributed by atoms with Gasteiger partial charge in [0.05, 0.1) is 25.3 Å². The van der Waals surface area contributed by atoms with Crippen molar-refractivity contribution in [1.82, 2.24) is 9.88 Å². The number of nitrogens with zero attached hydrogens (tertiary/aromatic N) is 2. The number of aromatic nitrogens is 1. The van der Waals surface area contributed by atoms with E-state index in [4.69, 9.17) is 21.1 Å². The van der Waals surface area contributed by atoms with Crippen LogP contribution in [0.25, 0.3) is 0 Å². The molecule has 1 aromatic heterocycles. The lowest BCUT2D eigenvalue weighted by Crippen LogP contribution is -2.47. The fourth-order valence-electron chi connectivity index (χ4n) is 3.39. The smallest absolute Gasteiger partial charge is 0.325 e. The van der Waals surface area contributed by atoms with E-state index < -0.39 is 11.8 Å². The van der Waals surface area contributed by atoms with Gasteiger partial charge < -0.3 is 19.7 Å². The maximum absolute atomic E-state index is 12.6. The first-order chi connectivity index (χ1) is 14.0. The molecule has 2 aliphatic heterocycles. The van der Waals surface area contributed by atoms with Gasteiger partial charge in [-0.1, -0.05) is 11.6 Å². The van der Waals surface area contributed by atoms with Gasteiger partial charge >= 0.3 is 6.03 Å². The average molecular weight is 437 g/mol. The summed E-state index contributed by atoms with van der Waals surface area (Å²) in [6, 6.07) is 6.39.